The number of morpholine rings is 1. The number of fused-ring (bicyclic) bond motifs is 1. The monoisotopic (exact) mass is 505 g/mol. The van der Waals surface area contributed by atoms with Crippen molar-refractivity contribution in [3.05, 3.63) is 42.4 Å². The summed E-state index contributed by atoms with van der Waals surface area (Å²) < 4.78 is 17.2. The van der Waals surface area contributed by atoms with Gasteiger partial charge in [0, 0.05) is 51.5 Å². The van der Waals surface area contributed by atoms with Crippen molar-refractivity contribution in [3.8, 4) is 11.3 Å². The van der Waals surface area contributed by atoms with Gasteiger partial charge in [-0.05, 0) is 37.5 Å². The third-order valence-corrected chi connectivity index (χ3v) is 6.87. The fraction of sp³-hybridized carbons (Fsp3) is 0.423. The third-order valence-electron chi connectivity index (χ3n) is 6.87. The number of amides is 1. The van der Waals surface area contributed by atoms with E-state index in [-0.39, 0.29) is 11.7 Å². The van der Waals surface area contributed by atoms with Crippen LogP contribution in [0, 0.1) is 0 Å². The van der Waals surface area contributed by atoms with Crippen LogP contribution in [0.25, 0.3) is 22.4 Å². The van der Waals surface area contributed by atoms with Gasteiger partial charge in [0.15, 0.2) is 11.3 Å². The van der Waals surface area contributed by atoms with Gasteiger partial charge in [-0.15, -0.1) is 0 Å². The predicted molar refractivity (Wildman–Crippen MR) is 140 cm³/mol. The molecule has 0 spiro atoms. The van der Waals surface area contributed by atoms with E-state index >= 15 is 0 Å². The number of anilines is 3. The van der Waals surface area contributed by atoms with E-state index in [1.807, 2.05) is 12.1 Å². The zero-order chi connectivity index (χ0) is 25.0. The Kier molecular flexibility index (Phi) is 6.78. The van der Waals surface area contributed by atoms with Crippen LogP contribution in [0.3, 0.4) is 0 Å². The predicted octanol–water partition coefficient (Wildman–Crippen LogP) is 3.80. The van der Waals surface area contributed by atoms with E-state index in [0.717, 1.165) is 82.1 Å². The van der Waals surface area contributed by atoms with Crippen LogP contribution in [0.5, 0.6) is 0 Å². The first-order valence-corrected chi connectivity index (χ1v) is 12.9. The molecule has 11 nitrogen and oxygen atoms in total. The van der Waals surface area contributed by atoms with Crippen molar-refractivity contribution in [2.75, 3.05) is 68.0 Å². The minimum Gasteiger partial charge on any atom is -0.451 e. The lowest BCUT2D eigenvalue weighted by Crippen LogP contribution is -2.39. The molecule has 0 radical (unpaired) electrons. The average Bonchev–Trinajstić information content (AvgIpc) is 3.70. The molecule has 0 atom stereocenters. The van der Waals surface area contributed by atoms with Crippen molar-refractivity contribution in [2.45, 2.75) is 19.3 Å². The Balaban J connectivity index is 1.22. The highest BCUT2D eigenvalue weighted by molar-refractivity contribution is 6.06. The fourth-order valence-electron chi connectivity index (χ4n) is 4.87. The Morgan fingerprint density at radius 1 is 1.05 bits per heavy atom. The molecular weight excluding hydrogens is 474 g/mol. The molecule has 37 heavy (non-hydrogen) atoms. The average molecular weight is 506 g/mol. The lowest BCUT2D eigenvalue weighted by atomic mass is 10.1. The van der Waals surface area contributed by atoms with Crippen LogP contribution in [-0.4, -0.2) is 78.5 Å². The molecule has 0 bridgehead atoms. The maximum absolute atomic E-state index is 13.1. The van der Waals surface area contributed by atoms with Crippen molar-refractivity contribution >= 4 is 34.4 Å². The maximum atomic E-state index is 13.1. The topological polar surface area (TPSA) is 125 Å². The van der Waals surface area contributed by atoms with Gasteiger partial charge in [-0.2, -0.15) is 10.1 Å². The van der Waals surface area contributed by atoms with Crippen LogP contribution >= 0.6 is 0 Å². The second kappa shape index (κ2) is 10.7. The Labute approximate surface area is 214 Å². The Bertz CT molecular complexity index is 1330. The molecule has 3 aromatic heterocycles. The molecule has 4 aromatic rings. The number of piperidine rings is 1. The molecule has 2 aliphatic heterocycles. The van der Waals surface area contributed by atoms with E-state index in [9.17, 15) is 4.79 Å². The summed E-state index contributed by atoms with van der Waals surface area (Å²) in [5.41, 5.74) is 3.77. The van der Waals surface area contributed by atoms with Crippen molar-refractivity contribution in [1.82, 2.24) is 20.1 Å². The zero-order valence-electron chi connectivity index (χ0n) is 20.7. The van der Waals surface area contributed by atoms with Crippen LogP contribution in [0.2, 0.25) is 0 Å². The largest absolute Gasteiger partial charge is 0.451 e. The Morgan fingerprint density at radius 2 is 1.92 bits per heavy atom. The summed E-state index contributed by atoms with van der Waals surface area (Å²) in [4.78, 5) is 22.5. The van der Waals surface area contributed by atoms with Gasteiger partial charge >= 0.3 is 0 Å². The van der Waals surface area contributed by atoms with Crippen LogP contribution in [0.4, 0.5) is 17.4 Å². The highest BCUT2D eigenvalue weighted by Crippen LogP contribution is 2.35. The number of furan rings is 1. The number of hydrogen-bond acceptors (Lipinski definition) is 9. The van der Waals surface area contributed by atoms with Crippen LogP contribution < -0.4 is 15.5 Å². The van der Waals surface area contributed by atoms with Crippen molar-refractivity contribution in [2.24, 2.45) is 0 Å². The molecule has 2 aliphatic rings. The fourth-order valence-corrected chi connectivity index (χ4v) is 4.87. The first kappa shape index (κ1) is 23.6. The molecule has 0 saturated carbocycles. The van der Waals surface area contributed by atoms with Gasteiger partial charge in [0.05, 0.1) is 36.3 Å². The van der Waals surface area contributed by atoms with E-state index in [0.29, 0.717) is 23.0 Å². The molecule has 3 N–H and O–H groups in total. The summed E-state index contributed by atoms with van der Waals surface area (Å²) in [7, 11) is 0. The molecule has 11 heteroatoms. The summed E-state index contributed by atoms with van der Waals surface area (Å²) >= 11 is 0. The quantitative estimate of drug-likeness (QED) is 0.328. The molecule has 6 rings (SSSR count). The highest BCUT2D eigenvalue weighted by Gasteiger charge is 2.21. The lowest BCUT2D eigenvalue weighted by molar-refractivity contribution is 0.0398. The number of aromatic amines is 1. The SMILES string of the molecule is O=C(Nc1cc2oc(NCCN3CCOCC3)nc2cc1N1CCCCC1)c1ccc(-c2cn[nH]c2)o1. The molecule has 0 unspecified atom stereocenters. The number of nitrogens with zero attached hydrogens (tertiary/aromatic N) is 4. The molecule has 2 saturated heterocycles. The van der Waals surface area contributed by atoms with Crippen LogP contribution in [0.1, 0.15) is 29.8 Å². The molecule has 2 fully saturated rings. The summed E-state index contributed by atoms with van der Waals surface area (Å²) in [6.07, 6.45) is 6.82. The molecular formula is C26H31N7O4. The highest BCUT2D eigenvalue weighted by atomic mass is 16.5. The summed E-state index contributed by atoms with van der Waals surface area (Å²) in [6, 6.07) is 7.78. The zero-order valence-corrected chi connectivity index (χ0v) is 20.7. The number of carbonyl (C=O) groups excluding carboxylic acids is 1. The van der Waals surface area contributed by atoms with E-state index in [2.05, 4.69) is 35.6 Å². The number of rotatable bonds is 8. The van der Waals surface area contributed by atoms with E-state index in [1.54, 1.807) is 24.5 Å². The number of carbonyl (C=O) groups is 1. The number of aromatic nitrogens is 3. The Hall–Kier alpha value is -3.83. The molecule has 194 valence electrons. The number of nitrogens with one attached hydrogen (secondary N) is 3. The van der Waals surface area contributed by atoms with Gasteiger partial charge in [-0.25, -0.2) is 0 Å². The molecule has 0 aliphatic carbocycles. The van der Waals surface area contributed by atoms with Crippen molar-refractivity contribution in [3.63, 3.8) is 0 Å². The van der Waals surface area contributed by atoms with Gasteiger partial charge < -0.3 is 29.1 Å². The third kappa shape index (κ3) is 5.32. The summed E-state index contributed by atoms with van der Waals surface area (Å²) in [5, 5.41) is 13.0. The van der Waals surface area contributed by atoms with Crippen molar-refractivity contribution in [1.29, 1.82) is 0 Å². The second-order valence-corrected chi connectivity index (χ2v) is 9.39. The first-order valence-electron chi connectivity index (χ1n) is 12.9. The number of benzene rings is 1. The van der Waals surface area contributed by atoms with Crippen LogP contribution in [-0.2, 0) is 4.74 Å². The van der Waals surface area contributed by atoms with E-state index in [4.69, 9.17) is 13.6 Å². The standard InChI is InChI=1S/C26H31N7O4/c34-25(23-5-4-22(36-23)18-16-28-29-17-18)30-19-15-24-20(14-21(19)33-7-2-1-3-8-33)31-26(37-24)27-6-9-32-10-12-35-13-11-32/h4-5,14-17H,1-3,6-13H2,(H,27,31)(H,28,29)(H,30,34). The normalized spacial score (nSPS) is 16.8. The number of hydrogen-bond donors (Lipinski definition) is 3. The van der Waals surface area contributed by atoms with Crippen molar-refractivity contribution < 1.29 is 18.4 Å². The Morgan fingerprint density at radius 3 is 2.73 bits per heavy atom. The van der Waals surface area contributed by atoms with Crippen LogP contribution in [0.15, 0.2) is 45.5 Å². The van der Waals surface area contributed by atoms with Gasteiger partial charge in [-0.1, -0.05) is 0 Å². The molecule has 1 amide bonds. The van der Waals surface area contributed by atoms with E-state index in [1.165, 1.54) is 6.42 Å². The van der Waals surface area contributed by atoms with Gasteiger partial charge in [0.1, 0.15) is 11.3 Å². The maximum Gasteiger partial charge on any atom is 0.295 e. The second-order valence-electron chi connectivity index (χ2n) is 9.39. The summed E-state index contributed by atoms with van der Waals surface area (Å²) in [5.74, 6) is 0.480. The molecule has 1 aromatic carbocycles. The number of oxazole rings is 1. The smallest absolute Gasteiger partial charge is 0.295 e. The minimum absolute atomic E-state index is 0.226. The van der Waals surface area contributed by atoms with Gasteiger partial charge in [0.25, 0.3) is 11.9 Å². The molecule has 5 heterocycles. The number of H-pyrrole nitrogens is 1. The number of ether oxygens (including phenoxy) is 1. The minimum atomic E-state index is -0.323. The van der Waals surface area contributed by atoms with Gasteiger partial charge in [0.2, 0.25) is 0 Å². The first-order chi connectivity index (χ1) is 18.2. The van der Waals surface area contributed by atoms with Gasteiger partial charge in [-0.3, -0.25) is 14.8 Å². The lowest BCUT2D eigenvalue weighted by Gasteiger charge is -2.30. The van der Waals surface area contributed by atoms with E-state index < -0.39 is 0 Å². The summed E-state index contributed by atoms with van der Waals surface area (Å²) in [6.45, 7) is 6.93.